The predicted octanol–water partition coefficient (Wildman–Crippen LogP) is 12.5. The lowest BCUT2D eigenvalue weighted by molar-refractivity contribution is -0.157. The topological polar surface area (TPSA) is 52.6 Å². The van der Waals surface area contributed by atoms with Gasteiger partial charge in [0.05, 0.1) is 5.88 Å². The van der Waals surface area contributed by atoms with E-state index in [0.29, 0.717) is 12.8 Å². The van der Waals surface area contributed by atoms with Crippen molar-refractivity contribution in [1.29, 1.82) is 0 Å². The van der Waals surface area contributed by atoms with E-state index in [1.165, 1.54) is 96.3 Å². The molecule has 4 nitrogen and oxygen atoms in total. The Morgan fingerprint density at radius 3 is 1.41 bits per heavy atom. The third-order valence-corrected chi connectivity index (χ3v) is 8.22. The Hall–Kier alpha value is -1.55. The van der Waals surface area contributed by atoms with Gasteiger partial charge in [0.2, 0.25) is 0 Å². The van der Waals surface area contributed by atoms with Gasteiger partial charge in [-0.2, -0.15) is 0 Å². The van der Waals surface area contributed by atoms with Gasteiger partial charge in [-0.15, -0.1) is 11.6 Å². The molecule has 0 aliphatic rings. The molecule has 0 aliphatic heterocycles. The number of hydrogen-bond acceptors (Lipinski definition) is 4. The lowest BCUT2D eigenvalue weighted by Gasteiger charge is -2.15. The van der Waals surface area contributed by atoms with E-state index in [1.807, 2.05) is 0 Å². The highest BCUT2D eigenvalue weighted by Gasteiger charge is 2.16. The van der Waals surface area contributed by atoms with E-state index in [-0.39, 0.29) is 24.4 Å². The predicted molar refractivity (Wildman–Crippen MR) is 190 cm³/mol. The van der Waals surface area contributed by atoms with E-state index in [2.05, 4.69) is 50.3 Å². The SMILES string of the molecule is CCCCC/C=C/C/C=C/CCCCCCCC(=O)OC[C@@H](CCl)OC(=O)CCCCCCC/C=C/CCCCCCCC. The molecule has 0 rings (SSSR count). The molecule has 256 valence electrons. The second-order valence-electron chi connectivity index (χ2n) is 12.3. The molecule has 0 radical (unpaired) electrons. The van der Waals surface area contributed by atoms with Crippen molar-refractivity contribution >= 4 is 23.5 Å². The highest BCUT2D eigenvalue weighted by molar-refractivity contribution is 6.18. The quantitative estimate of drug-likeness (QED) is 0.0311. The summed E-state index contributed by atoms with van der Waals surface area (Å²) in [7, 11) is 0. The van der Waals surface area contributed by atoms with Gasteiger partial charge in [-0.05, 0) is 70.6 Å². The summed E-state index contributed by atoms with van der Waals surface area (Å²) < 4.78 is 10.8. The highest BCUT2D eigenvalue weighted by atomic mass is 35.5. The fourth-order valence-electron chi connectivity index (χ4n) is 5.03. The minimum Gasteiger partial charge on any atom is -0.462 e. The van der Waals surface area contributed by atoms with E-state index >= 15 is 0 Å². The molecule has 0 amide bonds. The molecule has 1 atom stereocenters. The number of esters is 2. The number of alkyl halides is 1. The third kappa shape index (κ3) is 33.3. The largest absolute Gasteiger partial charge is 0.462 e. The summed E-state index contributed by atoms with van der Waals surface area (Å²) in [4.78, 5) is 24.3. The Balaban J connectivity index is 3.61. The Morgan fingerprint density at radius 2 is 0.909 bits per heavy atom. The van der Waals surface area contributed by atoms with E-state index in [0.717, 1.165) is 57.8 Å². The molecule has 0 spiro atoms. The van der Waals surface area contributed by atoms with Crippen LogP contribution in [0.4, 0.5) is 0 Å². The van der Waals surface area contributed by atoms with Crippen molar-refractivity contribution in [1.82, 2.24) is 0 Å². The molecule has 0 aromatic carbocycles. The van der Waals surface area contributed by atoms with E-state index in [1.54, 1.807) is 0 Å². The Morgan fingerprint density at radius 1 is 0.523 bits per heavy atom. The number of halogens is 1. The number of allylic oxidation sites excluding steroid dienone is 6. The van der Waals surface area contributed by atoms with Crippen LogP contribution in [0.25, 0.3) is 0 Å². The molecule has 0 unspecified atom stereocenters. The summed E-state index contributed by atoms with van der Waals surface area (Å²) in [5.74, 6) is -0.355. The van der Waals surface area contributed by atoms with Crippen LogP contribution in [0, 0.1) is 0 Å². The van der Waals surface area contributed by atoms with Crippen molar-refractivity contribution in [2.24, 2.45) is 0 Å². The highest BCUT2D eigenvalue weighted by Crippen LogP contribution is 2.12. The van der Waals surface area contributed by atoms with Crippen molar-refractivity contribution in [3.05, 3.63) is 36.5 Å². The Kier molecular flexibility index (Phi) is 34.7. The van der Waals surface area contributed by atoms with Crippen LogP contribution in [0.3, 0.4) is 0 Å². The number of rotatable bonds is 33. The van der Waals surface area contributed by atoms with Gasteiger partial charge in [-0.25, -0.2) is 0 Å². The van der Waals surface area contributed by atoms with Gasteiger partial charge in [0.15, 0.2) is 0 Å². The molecule has 0 bridgehead atoms. The lowest BCUT2D eigenvalue weighted by Crippen LogP contribution is -2.26. The van der Waals surface area contributed by atoms with Crippen LogP contribution in [0.2, 0.25) is 0 Å². The molecule has 0 saturated heterocycles. The minimum absolute atomic E-state index is 0.0424. The average Bonchev–Trinajstić information content (AvgIpc) is 3.02. The molecule has 5 heteroatoms. The first-order valence-corrected chi connectivity index (χ1v) is 19.0. The van der Waals surface area contributed by atoms with Crippen LogP contribution in [0.1, 0.15) is 181 Å². The minimum atomic E-state index is -0.569. The van der Waals surface area contributed by atoms with Crippen LogP contribution in [0.15, 0.2) is 36.5 Å². The first kappa shape index (κ1) is 42.5. The first-order chi connectivity index (χ1) is 21.6. The maximum absolute atomic E-state index is 12.2. The third-order valence-electron chi connectivity index (χ3n) is 7.87. The average molecular weight is 637 g/mol. The van der Waals surface area contributed by atoms with Gasteiger partial charge in [-0.1, -0.05) is 134 Å². The zero-order valence-corrected chi connectivity index (χ0v) is 29.6. The summed E-state index contributed by atoms with van der Waals surface area (Å²) in [6.45, 7) is 4.54. The van der Waals surface area contributed by atoms with Crippen LogP contribution in [-0.2, 0) is 19.1 Å². The van der Waals surface area contributed by atoms with E-state index < -0.39 is 6.10 Å². The van der Waals surface area contributed by atoms with E-state index in [9.17, 15) is 9.59 Å². The fourth-order valence-corrected chi connectivity index (χ4v) is 5.19. The fraction of sp³-hybridized carbons (Fsp3) is 0.795. The van der Waals surface area contributed by atoms with Crippen molar-refractivity contribution in [3.8, 4) is 0 Å². The molecule has 44 heavy (non-hydrogen) atoms. The zero-order chi connectivity index (χ0) is 32.2. The summed E-state index contributed by atoms with van der Waals surface area (Å²) in [5, 5.41) is 0. The molecule has 0 aliphatic carbocycles. The molecule has 0 aromatic rings. The standard InChI is InChI=1S/C39H69ClO4/c1-3-5-7-9-11-13-15-17-19-21-23-25-27-29-31-33-38(41)43-36-37(35-40)44-39(42)34-32-30-28-26-24-22-20-18-16-14-12-10-8-6-4-2/h11,13,17-20,37H,3-10,12,14-16,21-36H2,1-2H3/b13-11+,19-17+,20-18+/t37-/m1/s1. The summed E-state index contributed by atoms with van der Waals surface area (Å²) in [6, 6.07) is 0. The Bertz CT molecular complexity index is 715. The summed E-state index contributed by atoms with van der Waals surface area (Å²) in [5.41, 5.74) is 0. The molecular weight excluding hydrogens is 568 g/mol. The first-order valence-electron chi connectivity index (χ1n) is 18.5. The normalized spacial score (nSPS) is 12.5. The van der Waals surface area contributed by atoms with Gasteiger partial charge >= 0.3 is 11.9 Å². The molecule has 0 aromatic heterocycles. The van der Waals surface area contributed by atoms with Crippen molar-refractivity contribution in [3.63, 3.8) is 0 Å². The number of carbonyl (C=O) groups is 2. The molecule has 0 fully saturated rings. The number of carbonyl (C=O) groups excluding carboxylic acids is 2. The maximum Gasteiger partial charge on any atom is 0.306 e. The van der Waals surface area contributed by atoms with Crippen LogP contribution >= 0.6 is 11.6 Å². The second kappa shape index (κ2) is 35.9. The Labute approximate surface area is 277 Å². The molecule has 0 heterocycles. The second-order valence-corrected chi connectivity index (χ2v) is 12.6. The summed E-state index contributed by atoms with van der Waals surface area (Å²) >= 11 is 5.96. The van der Waals surface area contributed by atoms with Crippen molar-refractivity contribution < 1.29 is 19.1 Å². The lowest BCUT2D eigenvalue weighted by atomic mass is 10.1. The van der Waals surface area contributed by atoms with Gasteiger partial charge in [-0.3, -0.25) is 9.59 Å². The van der Waals surface area contributed by atoms with Gasteiger partial charge in [0, 0.05) is 12.8 Å². The number of hydrogen-bond donors (Lipinski definition) is 0. The van der Waals surface area contributed by atoms with Crippen LogP contribution < -0.4 is 0 Å². The molecule has 0 saturated carbocycles. The maximum atomic E-state index is 12.2. The summed E-state index contributed by atoms with van der Waals surface area (Å²) in [6.07, 6.45) is 42.6. The molecular formula is C39H69ClO4. The van der Waals surface area contributed by atoms with Gasteiger partial charge in [0.25, 0.3) is 0 Å². The zero-order valence-electron chi connectivity index (χ0n) is 28.9. The van der Waals surface area contributed by atoms with Crippen LogP contribution in [-0.4, -0.2) is 30.5 Å². The number of ether oxygens (including phenoxy) is 2. The smallest absolute Gasteiger partial charge is 0.306 e. The molecule has 0 N–H and O–H groups in total. The monoisotopic (exact) mass is 636 g/mol. The van der Waals surface area contributed by atoms with Crippen molar-refractivity contribution in [2.75, 3.05) is 12.5 Å². The van der Waals surface area contributed by atoms with Gasteiger partial charge < -0.3 is 9.47 Å². The van der Waals surface area contributed by atoms with Crippen molar-refractivity contribution in [2.45, 2.75) is 187 Å². The van der Waals surface area contributed by atoms with E-state index in [4.69, 9.17) is 21.1 Å². The van der Waals surface area contributed by atoms with Gasteiger partial charge in [0.1, 0.15) is 12.7 Å². The van der Waals surface area contributed by atoms with Crippen LogP contribution in [0.5, 0.6) is 0 Å². The number of unbranched alkanes of at least 4 members (excludes halogenated alkanes) is 19.